The number of unbranched alkanes of at least 4 members (excludes halogenated alkanes) is 1. The van der Waals surface area contributed by atoms with E-state index in [1.165, 1.54) is 0 Å². The lowest BCUT2D eigenvalue weighted by atomic mass is 10.4. The second-order valence-electron chi connectivity index (χ2n) is 2.01. The number of rotatable bonds is 4. The lowest BCUT2D eigenvalue weighted by Crippen LogP contribution is -2.03. The highest BCUT2D eigenvalue weighted by atomic mass is 32.5. The SMILES string of the molecule is CCCCOC(=O)P(O)(O)=S. The third kappa shape index (κ3) is 5.32. The second-order valence-corrected chi connectivity index (χ2v) is 4.99. The average Bonchev–Trinajstić information content (AvgIpc) is 1.86. The van der Waals surface area contributed by atoms with Gasteiger partial charge in [-0.15, -0.1) is 0 Å². The van der Waals surface area contributed by atoms with Gasteiger partial charge in [0, 0.05) is 0 Å². The van der Waals surface area contributed by atoms with E-state index in [1.54, 1.807) is 0 Å². The smallest absolute Gasteiger partial charge is 0.390 e. The summed E-state index contributed by atoms with van der Waals surface area (Å²) in [4.78, 5) is 27.7. The van der Waals surface area contributed by atoms with Gasteiger partial charge in [-0.1, -0.05) is 13.3 Å². The van der Waals surface area contributed by atoms with Gasteiger partial charge in [0.25, 0.3) is 6.49 Å². The summed E-state index contributed by atoms with van der Waals surface area (Å²) in [5.74, 6) is 0. The van der Waals surface area contributed by atoms with Crippen LogP contribution in [-0.4, -0.2) is 22.1 Å². The zero-order chi connectivity index (χ0) is 8.91. The predicted octanol–water partition coefficient (Wildman–Crippen LogP) is 1.22. The van der Waals surface area contributed by atoms with Gasteiger partial charge in [-0.2, -0.15) is 0 Å². The molecule has 0 amide bonds. The van der Waals surface area contributed by atoms with Crippen LogP contribution in [0, 0.1) is 0 Å². The highest BCUT2D eigenvalue weighted by Gasteiger charge is 2.21. The molecule has 0 spiro atoms. The van der Waals surface area contributed by atoms with E-state index in [1.807, 2.05) is 6.92 Å². The van der Waals surface area contributed by atoms with Crippen molar-refractivity contribution in [1.82, 2.24) is 0 Å². The Bertz CT molecular complexity index is 175. The van der Waals surface area contributed by atoms with E-state index in [4.69, 9.17) is 9.79 Å². The third-order valence-corrected chi connectivity index (χ3v) is 2.01. The van der Waals surface area contributed by atoms with Crippen LogP contribution in [0.15, 0.2) is 0 Å². The van der Waals surface area contributed by atoms with Crippen molar-refractivity contribution in [2.45, 2.75) is 19.8 Å². The molecule has 0 atom stereocenters. The van der Waals surface area contributed by atoms with Crippen molar-refractivity contribution in [1.29, 1.82) is 0 Å². The number of hydrogen-bond acceptors (Lipinski definition) is 3. The van der Waals surface area contributed by atoms with Gasteiger partial charge < -0.3 is 14.5 Å². The summed E-state index contributed by atoms with van der Waals surface area (Å²) in [6.07, 6.45) is 1.59. The third-order valence-electron chi connectivity index (χ3n) is 0.961. The fourth-order valence-electron chi connectivity index (χ4n) is 0.388. The maximum absolute atomic E-state index is 10.6. The van der Waals surface area contributed by atoms with Crippen LogP contribution < -0.4 is 0 Å². The molecule has 0 aliphatic carbocycles. The molecule has 0 aliphatic heterocycles. The molecule has 0 saturated carbocycles. The molecule has 0 saturated heterocycles. The first-order chi connectivity index (χ1) is 4.98. The Morgan fingerprint density at radius 3 is 2.55 bits per heavy atom. The molecule has 0 aromatic rings. The molecule has 0 fully saturated rings. The summed E-state index contributed by atoms with van der Waals surface area (Å²) >= 11 is 4.10. The lowest BCUT2D eigenvalue weighted by Gasteiger charge is -2.06. The summed E-state index contributed by atoms with van der Waals surface area (Å²) in [6.45, 7) is -1.69. The van der Waals surface area contributed by atoms with Crippen LogP contribution in [0.3, 0.4) is 0 Å². The van der Waals surface area contributed by atoms with Gasteiger partial charge in [0.1, 0.15) is 0 Å². The lowest BCUT2D eigenvalue weighted by molar-refractivity contribution is 0.166. The fourth-order valence-corrected chi connectivity index (χ4v) is 0.805. The van der Waals surface area contributed by atoms with E-state index >= 15 is 0 Å². The van der Waals surface area contributed by atoms with Gasteiger partial charge in [-0.3, -0.25) is 0 Å². The normalized spacial score (nSPS) is 11.2. The molecule has 0 aromatic heterocycles. The van der Waals surface area contributed by atoms with Crippen LogP contribution in [0.1, 0.15) is 19.8 Å². The predicted molar refractivity (Wildman–Crippen MR) is 45.0 cm³/mol. The van der Waals surface area contributed by atoms with Crippen LogP contribution in [0.25, 0.3) is 0 Å². The summed E-state index contributed by atoms with van der Waals surface area (Å²) in [6, 6.07) is 0. The van der Waals surface area contributed by atoms with E-state index in [2.05, 4.69) is 16.5 Å². The van der Waals surface area contributed by atoms with E-state index in [0.29, 0.717) is 6.42 Å². The van der Waals surface area contributed by atoms with Gasteiger partial charge in [0.15, 0.2) is 0 Å². The van der Waals surface area contributed by atoms with Gasteiger partial charge in [-0.05, 0) is 18.2 Å². The molecule has 0 bridgehead atoms. The largest absolute Gasteiger partial charge is 0.459 e. The summed E-state index contributed by atoms with van der Waals surface area (Å²) in [5.41, 5.74) is -1.07. The number of ether oxygens (including phenoxy) is 1. The number of hydrogen-bond donors (Lipinski definition) is 2. The second kappa shape index (κ2) is 4.83. The molecule has 2 N–H and O–H groups in total. The van der Waals surface area contributed by atoms with E-state index in [-0.39, 0.29) is 6.61 Å². The molecule has 6 heteroatoms. The van der Waals surface area contributed by atoms with Crippen molar-refractivity contribution >= 4 is 24.0 Å². The first kappa shape index (κ1) is 11.0. The van der Waals surface area contributed by atoms with Crippen molar-refractivity contribution in [2.24, 2.45) is 0 Å². The monoisotopic (exact) mass is 198 g/mol. The molecule has 4 nitrogen and oxygen atoms in total. The van der Waals surface area contributed by atoms with Crippen molar-refractivity contribution in [3.63, 3.8) is 0 Å². The minimum absolute atomic E-state index is 0.203. The molecular weight excluding hydrogens is 187 g/mol. The summed E-state index contributed by atoms with van der Waals surface area (Å²) < 4.78 is 4.45. The standard InChI is InChI=1S/C5H11O4PS/c1-2-3-4-9-5(6)10(7,8)11/h2-4H2,1H3,(H2,7,8,11). The molecule has 0 heterocycles. The summed E-state index contributed by atoms with van der Waals surface area (Å²) in [5, 5.41) is 0. The topological polar surface area (TPSA) is 66.8 Å². The Balaban J connectivity index is 3.63. The molecule has 0 radical (unpaired) electrons. The van der Waals surface area contributed by atoms with Crippen LogP contribution in [0.4, 0.5) is 4.79 Å². The Kier molecular flexibility index (Phi) is 4.84. The maximum atomic E-state index is 10.6. The molecule has 0 rings (SSSR count). The van der Waals surface area contributed by atoms with Gasteiger partial charge >= 0.3 is 5.71 Å². The quantitative estimate of drug-likeness (QED) is 0.525. The zero-order valence-electron chi connectivity index (χ0n) is 6.19. The first-order valence-electron chi connectivity index (χ1n) is 3.21. The van der Waals surface area contributed by atoms with E-state index in [0.717, 1.165) is 6.42 Å². The highest BCUT2D eigenvalue weighted by Crippen LogP contribution is 2.37. The Labute approximate surface area is 70.4 Å². The number of carbonyl (C=O) groups excluding carboxylic acids is 1. The Hall–Kier alpha value is 0.0400. The molecule has 0 unspecified atom stereocenters. The molecule has 11 heavy (non-hydrogen) atoms. The fraction of sp³-hybridized carbons (Fsp3) is 0.800. The van der Waals surface area contributed by atoms with Crippen LogP contribution >= 0.6 is 6.49 Å². The molecule has 66 valence electrons. The van der Waals surface area contributed by atoms with Gasteiger partial charge in [0.05, 0.1) is 6.61 Å². The minimum atomic E-state index is -3.82. The van der Waals surface area contributed by atoms with Crippen molar-refractivity contribution in [3.05, 3.63) is 0 Å². The van der Waals surface area contributed by atoms with Crippen LogP contribution in [-0.2, 0) is 16.5 Å². The summed E-state index contributed by atoms with van der Waals surface area (Å²) in [7, 11) is 0. The maximum Gasteiger partial charge on any atom is 0.390 e. The zero-order valence-corrected chi connectivity index (χ0v) is 7.90. The van der Waals surface area contributed by atoms with Gasteiger partial charge in [0.2, 0.25) is 0 Å². The number of carbonyl (C=O) groups is 1. The molecule has 0 aromatic carbocycles. The Morgan fingerprint density at radius 1 is 1.64 bits per heavy atom. The van der Waals surface area contributed by atoms with E-state index < -0.39 is 12.2 Å². The van der Waals surface area contributed by atoms with Crippen molar-refractivity contribution < 1.29 is 19.3 Å². The van der Waals surface area contributed by atoms with Crippen molar-refractivity contribution in [3.8, 4) is 0 Å². The molecule has 0 aliphatic rings. The first-order valence-corrected chi connectivity index (χ1v) is 5.92. The van der Waals surface area contributed by atoms with E-state index in [9.17, 15) is 4.79 Å². The minimum Gasteiger partial charge on any atom is -0.459 e. The Morgan fingerprint density at radius 2 is 2.18 bits per heavy atom. The van der Waals surface area contributed by atoms with Crippen LogP contribution in [0.5, 0.6) is 0 Å². The van der Waals surface area contributed by atoms with Crippen molar-refractivity contribution in [2.75, 3.05) is 6.61 Å². The highest BCUT2D eigenvalue weighted by molar-refractivity contribution is 8.16. The van der Waals surface area contributed by atoms with Gasteiger partial charge in [-0.25, -0.2) is 4.79 Å². The molecular formula is C5H11O4PS. The average molecular weight is 198 g/mol. The van der Waals surface area contributed by atoms with Crippen LogP contribution in [0.2, 0.25) is 0 Å².